The first-order chi connectivity index (χ1) is 7.18. The van der Waals surface area contributed by atoms with E-state index in [0.29, 0.717) is 11.7 Å². The number of hydrogen-bond acceptors (Lipinski definition) is 5. The van der Waals surface area contributed by atoms with Crippen molar-refractivity contribution in [1.29, 1.82) is 0 Å². The fourth-order valence-corrected chi connectivity index (χ4v) is 1.21. The van der Waals surface area contributed by atoms with Crippen LogP contribution in [0.15, 0.2) is 17.0 Å². The van der Waals surface area contributed by atoms with Crippen LogP contribution in [0, 0.1) is 6.92 Å². The summed E-state index contributed by atoms with van der Waals surface area (Å²) in [7, 11) is 0. The molecule has 2 heterocycles. The molecule has 0 aromatic carbocycles. The summed E-state index contributed by atoms with van der Waals surface area (Å²) in [6.07, 6.45) is 3.12. The highest BCUT2D eigenvalue weighted by Gasteiger charge is 2.14. The lowest BCUT2D eigenvalue weighted by Gasteiger charge is -1.96. The molecule has 0 N–H and O–H groups in total. The minimum absolute atomic E-state index is 0.295. The van der Waals surface area contributed by atoms with Gasteiger partial charge in [0.2, 0.25) is 11.7 Å². The number of alkyl halides is 1. The van der Waals surface area contributed by atoms with Gasteiger partial charge >= 0.3 is 0 Å². The molecule has 1 atom stereocenters. The Morgan fingerprint density at radius 1 is 1.47 bits per heavy atom. The third-order valence-electron chi connectivity index (χ3n) is 1.93. The van der Waals surface area contributed by atoms with Crippen molar-refractivity contribution in [2.75, 3.05) is 0 Å². The van der Waals surface area contributed by atoms with Gasteiger partial charge in [0.05, 0.1) is 11.3 Å². The first-order valence-corrected chi connectivity index (χ1v) is 4.87. The normalized spacial score (nSPS) is 12.7. The van der Waals surface area contributed by atoms with E-state index in [0.717, 1.165) is 11.3 Å². The number of hydrogen-bond donors (Lipinski definition) is 0. The molecule has 2 rings (SSSR count). The van der Waals surface area contributed by atoms with Crippen LogP contribution in [0.3, 0.4) is 0 Å². The van der Waals surface area contributed by atoms with E-state index in [1.807, 2.05) is 6.92 Å². The molecule has 0 aliphatic carbocycles. The van der Waals surface area contributed by atoms with E-state index in [1.54, 1.807) is 13.1 Å². The standard InChI is InChI=1S/C9H9ClN4O/c1-5(10)9-13-8(14-15-9)7-3-11-4-12-6(7)2/h3-5H,1-2H3. The molecule has 0 aliphatic rings. The van der Waals surface area contributed by atoms with Crippen LogP contribution in [-0.2, 0) is 0 Å². The summed E-state index contributed by atoms with van der Waals surface area (Å²) >= 11 is 5.82. The predicted octanol–water partition coefficient (Wildman–Crippen LogP) is 2.13. The lowest BCUT2D eigenvalue weighted by atomic mass is 10.2. The Kier molecular flexibility index (Phi) is 2.64. The molecule has 0 amide bonds. The fourth-order valence-electron chi connectivity index (χ4n) is 1.12. The Morgan fingerprint density at radius 2 is 2.27 bits per heavy atom. The van der Waals surface area contributed by atoms with Crippen LogP contribution in [0.4, 0.5) is 0 Å². The van der Waals surface area contributed by atoms with E-state index in [-0.39, 0.29) is 5.38 Å². The second kappa shape index (κ2) is 3.94. The molecule has 0 aliphatic heterocycles. The van der Waals surface area contributed by atoms with Crippen molar-refractivity contribution in [3.63, 3.8) is 0 Å². The largest absolute Gasteiger partial charge is 0.337 e. The van der Waals surface area contributed by atoms with Crippen LogP contribution in [0.2, 0.25) is 0 Å². The van der Waals surface area contributed by atoms with E-state index >= 15 is 0 Å². The van der Waals surface area contributed by atoms with Gasteiger partial charge in [-0.3, -0.25) is 0 Å². The van der Waals surface area contributed by atoms with Gasteiger partial charge in [0, 0.05) is 6.20 Å². The molecule has 15 heavy (non-hydrogen) atoms. The molecule has 78 valence electrons. The maximum atomic E-state index is 5.82. The predicted molar refractivity (Wildman–Crippen MR) is 54.3 cm³/mol. The van der Waals surface area contributed by atoms with Crippen LogP contribution in [0.5, 0.6) is 0 Å². The molecule has 0 fully saturated rings. The number of halogens is 1. The highest BCUT2D eigenvalue weighted by Crippen LogP contribution is 2.22. The van der Waals surface area contributed by atoms with Crippen molar-refractivity contribution in [2.45, 2.75) is 19.2 Å². The maximum Gasteiger partial charge on any atom is 0.244 e. The third kappa shape index (κ3) is 1.97. The van der Waals surface area contributed by atoms with Gasteiger partial charge in [-0.05, 0) is 13.8 Å². The quantitative estimate of drug-likeness (QED) is 0.732. The van der Waals surface area contributed by atoms with Gasteiger partial charge in [-0.25, -0.2) is 9.97 Å². The van der Waals surface area contributed by atoms with E-state index in [9.17, 15) is 0 Å². The Morgan fingerprint density at radius 3 is 2.87 bits per heavy atom. The van der Waals surface area contributed by atoms with Gasteiger partial charge in [0.15, 0.2) is 0 Å². The summed E-state index contributed by atoms with van der Waals surface area (Å²) in [6.45, 7) is 3.63. The van der Waals surface area contributed by atoms with Crippen molar-refractivity contribution in [3.05, 3.63) is 24.1 Å². The number of rotatable bonds is 2. The zero-order chi connectivity index (χ0) is 10.8. The second-order valence-corrected chi connectivity index (χ2v) is 3.75. The van der Waals surface area contributed by atoms with Crippen molar-refractivity contribution in [1.82, 2.24) is 20.1 Å². The van der Waals surface area contributed by atoms with Gasteiger partial charge in [-0.15, -0.1) is 11.6 Å². The van der Waals surface area contributed by atoms with Crippen molar-refractivity contribution in [2.24, 2.45) is 0 Å². The smallest absolute Gasteiger partial charge is 0.244 e. The zero-order valence-corrected chi connectivity index (χ0v) is 9.06. The first-order valence-electron chi connectivity index (χ1n) is 4.43. The summed E-state index contributed by atoms with van der Waals surface area (Å²) in [5.41, 5.74) is 1.56. The van der Waals surface area contributed by atoms with Crippen LogP contribution < -0.4 is 0 Å². The lowest BCUT2D eigenvalue weighted by molar-refractivity contribution is 0.379. The number of aryl methyl sites for hydroxylation is 1. The average Bonchev–Trinajstić information content (AvgIpc) is 2.67. The van der Waals surface area contributed by atoms with E-state index in [4.69, 9.17) is 16.1 Å². The number of nitrogens with zero attached hydrogens (tertiary/aromatic N) is 4. The molecule has 0 saturated carbocycles. The van der Waals surface area contributed by atoms with Gasteiger partial charge < -0.3 is 4.52 Å². The first kappa shape index (κ1) is 10.0. The summed E-state index contributed by atoms with van der Waals surface area (Å²) in [4.78, 5) is 12.1. The van der Waals surface area contributed by atoms with Crippen LogP contribution in [0.25, 0.3) is 11.4 Å². The molecule has 0 saturated heterocycles. The molecule has 2 aromatic rings. The van der Waals surface area contributed by atoms with Crippen molar-refractivity contribution < 1.29 is 4.52 Å². The van der Waals surface area contributed by atoms with Gasteiger partial charge in [-0.2, -0.15) is 4.98 Å². The van der Waals surface area contributed by atoms with E-state index < -0.39 is 0 Å². The maximum absolute atomic E-state index is 5.82. The van der Waals surface area contributed by atoms with Crippen LogP contribution >= 0.6 is 11.6 Å². The lowest BCUT2D eigenvalue weighted by Crippen LogP contribution is -1.91. The highest BCUT2D eigenvalue weighted by molar-refractivity contribution is 6.20. The minimum Gasteiger partial charge on any atom is -0.337 e. The second-order valence-electron chi connectivity index (χ2n) is 3.09. The summed E-state index contributed by atoms with van der Waals surface area (Å²) in [6, 6.07) is 0. The molecule has 0 bridgehead atoms. The molecular formula is C9H9ClN4O. The monoisotopic (exact) mass is 224 g/mol. The minimum atomic E-state index is -0.295. The molecule has 6 heteroatoms. The number of aromatic nitrogens is 4. The summed E-state index contributed by atoms with van der Waals surface area (Å²) < 4.78 is 4.99. The molecule has 5 nitrogen and oxygen atoms in total. The molecular weight excluding hydrogens is 216 g/mol. The highest BCUT2D eigenvalue weighted by atomic mass is 35.5. The Bertz CT molecular complexity index is 469. The van der Waals surface area contributed by atoms with E-state index in [2.05, 4.69) is 20.1 Å². The summed E-state index contributed by atoms with van der Waals surface area (Å²) in [5.74, 6) is 0.866. The Labute approximate surface area is 91.5 Å². The average molecular weight is 225 g/mol. The van der Waals surface area contributed by atoms with Gasteiger partial charge in [0.25, 0.3) is 0 Å². The van der Waals surface area contributed by atoms with Crippen LogP contribution in [-0.4, -0.2) is 20.1 Å². The van der Waals surface area contributed by atoms with E-state index in [1.165, 1.54) is 6.33 Å². The Balaban J connectivity index is 2.42. The molecule has 0 spiro atoms. The molecule has 0 radical (unpaired) electrons. The fraction of sp³-hybridized carbons (Fsp3) is 0.333. The topological polar surface area (TPSA) is 64.7 Å². The Hall–Kier alpha value is -1.49. The van der Waals surface area contributed by atoms with Gasteiger partial charge in [0.1, 0.15) is 11.7 Å². The van der Waals surface area contributed by atoms with Crippen LogP contribution in [0.1, 0.15) is 23.9 Å². The molecule has 1 unspecified atom stereocenters. The van der Waals surface area contributed by atoms with Crippen molar-refractivity contribution >= 4 is 11.6 Å². The van der Waals surface area contributed by atoms with Gasteiger partial charge in [-0.1, -0.05) is 5.16 Å². The summed E-state index contributed by atoms with van der Waals surface area (Å²) in [5, 5.41) is 3.52. The van der Waals surface area contributed by atoms with Crippen molar-refractivity contribution in [3.8, 4) is 11.4 Å². The SMILES string of the molecule is Cc1ncncc1-c1noc(C(C)Cl)n1. The third-order valence-corrected chi connectivity index (χ3v) is 2.12. The zero-order valence-electron chi connectivity index (χ0n) is 8.31. The molecule has 2 aromatic heterocycles.